The molecule has 0 N–H and O–H groups in total. The average Bonchev–Trinajstić information content (AvgIpc) is 2.84. The van der Waals surface area contributed by atoms with E-state index >= 15 is 0 Å². The largest absolute Gasteiger partial charge is 0.498 e. The summed E-state index contributed by atoms with van der Waals surface area (Å²) >= 11 is 0. The molecular weight excluding hydrogens is 346 g/mol. The third-order valence-electron chi connectivity index (χ3n) is 5.08. The van der Waals surface area contributed by atoms with Crippen molar-refractivity contribution < 1.29 is 23.2 Å². The Labute approximate surface area is 160 Å². The lowest BCUT2D eigenvalue weighted by Gasteiger charge is -2.32. The number of halogens is 1. The molecule has 4 nitrogen and oxygen atoms in total. The first kappa shape index (κ1) is 19.9. The Morgan fingerprint density at radius 3 is 2.26 bits per heavy atom. The van der Waals surface area contributed by atoms with Crippen LogP contribution in [-0.4, -0.2) is 31.5 Å². The molecule has 0 aromatic heterocycles. The van der Waals surface area contributed by atoms with Crippen molar-refractivity contribution in [2.45, 2.75) is 45.5 Å². The van der Waals surface area contributed by atoms with Crippen molar-refractivity contribution in [2.75, 3.05) is 13.2 Å². The van der Waals surface area contributed by atoms with Gasteiger partial charge in [0, 0.05) is 5.46 Å². The molecule has 1 fully saturated rings. The summed E-state index contributed by atoms with van der Waals surface area (Å²) in [6.07, 6.45) is 0. The number of benzene rings is 2. The number of hydrogen-bond donors (Lipinski definition) is 0. The van der Waals surface area contributed by atoms with E-state index in [4.69, 9.17) is 18.8 Å². The molecule has 3 rings (SSSR count). The van der Waals surface area contributed by atoms with Gasteiger partial charge >= 0.3 is 7.12 Å². The van der Waals surface area contributed by atoms with Crippen molar-refractivity contribution in [1.29, 1.82) is 0 Å². The Balaban J connectivity index is 1.60. The van der Waals surface area contributed by atoms with Gasteiger partial charge < -0.3 is 18.8 Å². The SMILES string of the molecule is CC1(C)OB(c2cc(F)ccc2OCCOCc2ccccc2)OC1(C)C. The average molecular weight is 372 g/mol. The lowest BCUT2D eigenvalue weighted by molar-refractivity contribution is 0.00578. The van der Waals surface area contributed by atoms with Gasteiger partial charge in [-0.25, -0.2) is 4.39 Å². The van der Waals surface area contributed by atoms with Crippen molar-refractivity contribution >= 4 is 12.6 Å². The van der Waals surface area contributed by atoms with Gasteiger partial charge in [0.05, 0.1) is 24.4 Å². The van der Waals surface area contributed by atoms with Crippen LogP contribution in [0.4, 0.5) is 4.39 Å². The summed E-state index contributed by atoms with van der Waals surface area (Å²) in [4.78, 5) is 0. The van der Waals surface area contributed by atoms with Crippen LogP contribution in [0.3, 0.4) is 0 Å². The number of ether oxygens (including phenoxy) is 2. The van der Waals surface area contributed by atoms with E-state index in [1.807, 2.05) is 58.0 Å². The molecule has 1 heterocycles. The summed E-state index contributed by atoms with van der Waals surface area (Å²) in [7, 11) is -0.675. The van der Waals surface area contributed by atoms with Crippen LogP contribution >= 0.6 is 0 Å². The molecule has 0 unspecified atom stereocenters. The standard InChI is InChI=1S/C21H26BFO4/c1-20(2)21(3,4)27-22(26-20)18-14-17(23)10-11-19(18)25-13-12-24-15-16-8-6-5-7-9-16/h5-11,14H,12-13,15H2,1-4H3. The molecule has 27 heavy (non-hydrogen) atoms. The van der Waals surface area contributed by atoms with E-state index in [1.54, 1.807) is 6.07 Å². The van der Waals surface area contributed by atoms with Gasteiger partial charge in [0.1, 0.15) is 18.2 Å². The molecule has 0 spiro atoms. The van der Waals surface area contributed by atoms with Crippen molar-refractivity contribution in [3.8, 4) is 5.75 Å². The van der Waals surface area contributed by atoms with E-state index in [0.717, 1.165) is 5.56 Å². The van der Waals surface area contributed by atoms with Crippen molar-refractivity contribution in [1.82, 2.24) is 0 Å². The monoisotopic (exact) mass is 372 g/mol. The molecule has 2 aromatic carbocycles. The first-order valence-corrected chi connectivity index (χ1v) is 9.18. The Kier molecular flexibility index (Phi) is 5.89. The van der Waals surface area contributed by atoms with Crippen LogP contribution in [0.25, 0.3) is 0 Å². The Hall–Kier alpha value is -1.89. The van der Waals surface area contributed by atoms with Crippen molar-refractivity contribution in [3.63, 3.8) is 0 Å². The summed E-state index contributed by atoms with van der Waals surface area (Å²) in [5, 5.41) is 0. The van der Waals surface area contributed by atoms with Crippen LogP contribution < -0.4 is 10.2 Å². The van der Waals surface area contributed by atoms with E-state index < -0.39 is 18.3 Å². The van der Waals surface area contributed by atoms with Crippen LogP contribution in [0.2, 0.25) is 0 Å². The highest BCUT2D eigenvalue weighted by Crippen LogP contribution is 2.37. The van der Waals surface area contributed by atoms with Crippen molar-refractivity contribution in [3.05, 3.63) is 59.9 Å². The second-order valence-electron chi connectivity index (χ2n) is 7.66. The predicted molar refractivity (Wildman–Crippen MR) is 104 cm³/mol. The molecule has 1 aliphatic rings. The van der Waals surface area contributed by atoms with Gasteiger partial charge in [-0.2, -0.15) is 0 Å². The molecule has 1 saturated heterocycles. The molecule has 6 heteroatoms. The van der Waals surface area contributed by atoms with Crippen LogP contribution in [0.15, 0.2) is 48.5 Å². The van der Waals surface area contributed by atoms with E-state index in [1.165, 1.54) is 12.1 Å². The minimum absolute atomic E-state index is 0.352. The summed E-state index contributed by atoms with van der Waals surface area (Å²) < 4.78 is 37.3. The lowest BCUT2D eigenvalue weighted by Crippen LogP contribution is -2.41. The molecule has 0 aliphatic carbocycles. The fourth-order valence-electron chi connectivity index (χ4n) is 2.78. The maximum Gasteiger partial charge on any atom is 0.498 e. The zero-order chi connectivity index (χ0) is 19.5. The topological polar surface area (TPSA) is 36.9 Å². The number of hydrogen-bond acceptors (Lipinski definition) is 4. The van der Waals surface area contributed by atoms with Gasteiger partial charge in [0.25, 0.3) is 0 Å². The van der Waals surface area contributed by atoms with E-state index in [9.17, 15) is 4.39 Å². The highest BCUT2D eigenvalue weighted by atomic mass is 19.1. The van der Waals surface area contributed by atoms with Gasteiger partial charge in [-0.3, -0.25) is 0 Å². The fraction of sp³-hybridized carbons (Fsp3) is 0.429. The smallest absolute Gasteiger partial charge is 0.492 e. The molecule has 0 bridgehead atoms. The van der Waals surface area contributed by atoms with Gasteiger partial charge in [-0.05, 0) is 51.5 Å². The Morgan fingerprint density at radius 1 is 0.926 bits per heavy atom. The fourth-order valence-corrected chi connectivity index (χ4v) is 2.78. The first-order valence-electron chi connectivity index (χ1n) is 9.18. The summed E-state index contributed by atoms with van der Waals surface area (Å²) in [5.74, 6) is 0.186. The van der Waals surface area contributed by atoms with Crippen molar-refractivity contribution in [2.24, 2.45) is 0 Å². The normalized spacial score (nSPS) is 17.9. The van der Waals surface area contributed by atoms with Gasteiger partial charge in [0.15, 0.2) is 0 Å². The van der Waals surface area contributed by atoms with Crippen LogP contribution in [0.1, 0.15) is 33.3 Å². The van der Waals surface area contributed by atoms with E-state index in [0.29, 0.717) is 31.0 Å². The second kappa shape index (κ2) is 8.01. The molecule has 1 aliphatic heterocycles. The molecule has 0 atom stereocenters. The van der Waals surface area contributed by atoms with Crippen LogP contribution in [0.5, 0.6) is 5.75 Å². The highest BCUT2D eigenvalue weighted by molar-refractivity contribution is 6.63. The Morgan fingerprint density at radius 2 is 1.59 bits per heavy atom. The zero-order valence-corrected chi connectivity index (χ0v) is 16.3. The maximum atomic E-state index is 13.8. The Bertz CT molecular complexity index is 748. The molecule has 0 radical (unpaired) electrons. The lowest BCUT2D eigenvalue weighted by atomic mass is 9.78. The minimum atomic E-state index is -0.675. The maximum absolute atomic E-state index is 13.8. The van der Waals surface area contributed by atoms with E-state index in [2.05, 4.69) is 0 Å². The van der Waals surface area contributed by atoms with Gasteiger partial charge in [0.2, 0.25) is 0 Å². The zero-order valence-electron chi connectivity index (χ0n) is 16.3. The quantitative estimate of drug-likeness (QED) is 0.548. The number of rotatable bonds is 7. The first-order chi connectivity index (χ1) is 12.8. The third-order valence-corrected chi connectivity index (χ3v) is 5.08. The van der Waals surface area contributed by atoms with Crippen LogP contribution in [0, 0.1) is 5.82 Å². The molecular formula is C21H26BFO4. The minimum Gasteiger partial charge on any atom is -0.492 e. The molecule has 2 aromatic rings. The summed E-state index contributed by atoms with van der Waals surface area (Å²) in [6, 6.07) is 14.3. The highest BCUT2D eigenvalue weighted by Gasteiger charge is 2.52. The molecule has 144 valence electrons. The van der Waals surface area contributed by atoms with Crippen LogP contribution in [-0.2, 0) is 20.7 Å². The molecule has 0 saturated carbocycles. The third kappa shape index (κ3) is 4.70. The summed E-state index contributed by atoms with van der Waals surface area (Å²) in [5.41, 5.74) is 0.661. The van der Waals surface area contributed by atoms with Gasteiger partial charge in [-0.15, -0.1) is 0 Å². The predicted octanol–water partition coefficient (Wildman–Crippen LogP) is 3.72. The van der Waals surface area contributed by atoms with E-state index in [-0.39, 0.29) is 5.82 Å². The summed E-state index contributed by atoms with van der Waals surface area (Å²) in [6.45, 7) is 9.15. The second-order valence-corrected chi connectivity index (χ2v) is 7.66. The van der Waals surface area contributed by atoms with Gasteiger partial charge in [-0.1, -0.05) is 30.3 Å². The molecule has 0 amide bonds.